The molecule has 0 unspecified atom stereocenters. The monoisotopic (exact) mass is 488 g/mol. The number of carbonyl (C=O) groups excluding carboxylic acids is 2. The first-order valence-corrected chi connectivity index (χ1v) is 12.0. The summed E-state index contributed by atoms with van der Waals surface area (Å²) in [5.41, 5.74) is 0.695. The summed E-state index contributed by atoms with van der Waals surface area (Å²) in [7, 11) is 0. The molecule has 3 aromatic rings. The minimum absolute atomic E-state index is 0.0308. The number of nitrogens with zero attached hydrogens (tertiary/aromatic N) is 5. The van der Waals surface area contributed by atoms with E-state index in [9.17, 15) is 9.59 Å². The van der Waals surface area contributed by atoms with Gasteiger partial charge in [0.1, 0.15) is 4.88 Å². The number of hydrogen-bond donors (Lipinski definition) is 1. The van der Waals surface area contributed by atoms with Crippen LogP contribution < -0.4 is 10.2 Å². The van der Waals surface area contributed by atoms with Crippen LogP contribution >= 0.6 is 22.9 Å². The Balaban J connectivity index is 1.42. The first-order valence-electron chi connectivity index (χ1n) is 10.8. The van der Waals surface area contributed by atoms with Crippen LogP contribution in [0, 0.1) is 5.92 Å². The van der Waals surface area contributed by atoms with E-state index in [4.69, 9.17) is 16.3 Å². The van der Waals surface area contributed by atoms with Crippen molar-refractivity contribution in [2.75, 3.05) is 24.7 Å². The standard InChI is InChI=1S/C22H25ClN6O3S/c23-17-2-3-18(26-12-17)14-29(21(31)16-4-10-32-11-5-16)22-27-13-19(33-22)20(30)25-6-1-8-28-9-7-24-15-28/h2-3,7,9,12-13,15-16H,1,4-6,8,10-11,14H2,(H,25,30). The van der Waals surface area contributed by atoms with Gasteiger partial charge in [0.25, 0.3) is 5.91 Å². The fourth-order valence-corrected chi connectivity index (χ4v) is 4.48. The number of nitrogens with one attached hydrogen (secondary N) is 1. The first-order chi connectivity index (χ1) is 16.1. The normalized spacial score (nSPS) is 14.2. The first kappa shape index (κ1) is 23.3. The van der Waals surface area contributed by atoms with Crippen molar-refractivity contribution in [3.8, 4) is 0 Å². The molecule has 174 valence electrons. The van der Waals surface area contributed by atoms with Crippen LogP contribution in [0.25, 0.3) is 0 Å². The number of pyridine rings is 1. The third-order valence-electron chi connectivity index (χ3n) is 5.33. The van der Waals surface area contributed by atoms with Crippen LogP contribution in [-0.4, -0.2) is 51.1 Å². The van der Waals surface area contributed by atoms with Crippen LogP contribution in [0.15, 0.2) is 43.2 Å². The van der Waals surface area contributed by atoms with E-state index < -0.39 is 0 Å². The van der Waals surface area contributed by atoms with Crippen LogP contribution in [0.1, 0.15) is 34.6 Å². The van der Waals surface area contributed by atoms with Crippen molar-refractivity contribution in [3.63, 3.8) is 0 Å². The molecule has 0 saturated carbocycles. The summed E-state index contributed by atoms with van der Waals surface area (Å²) >= 11 is 7.15. The molecule has 2 amide bonds. The molecule has 0 spiro atoms. The van der Waals surface area contributed by atoms with Crippen LogP contribution in [-0.2, 0) is 22.6 Å². The van der Waals surface area contributed by atoms with Crippen molar-refractivity contribution in [3.05, 3.63) is 58.8 Å². The van der Waals surface area contributed by atoms with Gasteiger partial charge in [-0.25, -0.2) is 9.97 Å². The van der Waals surface area contributed by atoms with Crippen molar-refractivity contribution in [1.29, 1.82) is 0 Å². The highest BCUT2D eigenvalue weighted by atomic mass is 35.5. The molecule has 11 heteroatoms. The van der Waals surface area contributed by atoms with Crippen molar-refractivity contribution in [2.24, 2.45) is 5.92 Å². The van der Waals surface area contributed by atoms with Gasteiger partial charge in [0.15, 0.2) is 5.13 Å². The molecule has 1 aliphatic rings. The third-order valence-corrected chi connectivity index (χ3v) is 6.57. The molecular weight excluding hydrogens is 464 g/mol. The Labute approximate surface area is 200 Å². The van der Waals surface area contributed by atoms with Gasteiger partial charge >= 0.3 is 0 Å². The molecule has 0 atom stereocenters. The zero-order chi connectivity index (χ0) is 23.0. The van der Waals surface area contributed by atoms with E-state index in [1.54, 1.807) is 35.8 Å². The number of halogens is 1. The Kier molecular flexibility index (Phi) is 8.03. The summed E-state index contributed by atoms with van der Waals surface area (Å²) in [5, 5.41) is 3.92. The van der Waals surface area contributed by atoms with Crippen molar-refractivity contribution >= 4 is 39.9 Å². The van der Waals surface area contributed by atoms with E-state index in [0.717, 1.165) is 13.0 Å². The van der Waals surface area contributed by atoms with E-state index in [2.05, 4.69) is 20.3 Å². The number of rotatable bonds is 9. The molecule has 33 heavy (non-hydrogen) atoms. The lowest BCUT2D eigenvalue weighted by Gasteiger charge is -2.27. The van der Waals surface area contributed by atoms with E-state index in [1.165, 1.54) is 17.5 Å². The quantitative estimate of drug-likeness (QED) is 0.464. The number of carbonyl (C=O) groups is 2. The number of imidazole rings is 1. The van der Waals surface area contributed by atoms with Gasteiger partial charge in [-0.3, -0.25) is 19.5 Å². The summed E-state index contributed by atoms with van der Waals surface area (Å²) in [6.07, 6.45) is 10.5. The number of aryl methyl sites for hydroxylation is 1. The summed E-state index contributed by atoms with van der Waals surface area (Å²) in [6.45, 7) is 2.69. The predicted octanol–water partition coefficient (Wildman–Crippen LogP) is 3.17. The molecule has 1 aliphatic heterocycles. The van der Waals surface area contributed by atoms with Crippen molar-refractivity contribution in [1.82, 2.24) is 24.8 Å². The Bertz CT molecular complexity index is 1050. The molecule has 3 aromatic heterocycles. The van der Waals surface area contributed by atoms with Crippen LogP contribution in [0.5, 0.6) is 0 Å². The summed E-state index contributed by atoms with van der Waals surface area (Å²) in [6, 6.07) is 3.53. The largest absolute Gasteiger partial charge is 0.381 e. The maximum atomic E-state index is 13.3. The maximum Gasteiger partial charge on any atom is 0.263 e. The fraction of sp³-hybridized carbons (Fsp3) is 0.409. The molecule has 1 fully saturated rings. The molecule has 4 heterocycles. The number of amides is 2. The highest BCUT2D eigenvalue weighted by Crippen LogP contribution is 2.28. The zero-order valence-corrected chi connectivity index (χ0v) is 19.6. The average Bonchev–Trinajstić information content (AvgIpc) is 3.54. The summed E-state index contributed by atoms with van der Waals surface area (Å²) in [4.78, 5) is 40.8. The van der Waals surface area contributed by atoms with Gasteiger partial charge in [-0.15, -0.1) is 0 Å². The number of ether oxygens (including phenoxy) is 1. The van der Waals surface area contributed by atoms with Crippen LogP contribution in [0.4, 0.5) is 5.13 Å². The van der Waals surface area contributed by atoms with E-state index >= 15 is 0 Å². The lowest BCUT2D eigenvalue weighted by molar-refractivity contribution is -0.125. The van der Waals surface area contributed by atoms with Gasteiger partial charge in [0, 0.05) is 50.8 Å². The minimum atomic E-state index is -0.201. The highest BCUT2D eigenvalue weighted by molar-refractivity contribution is 7.17. The van der Waals surface area contributed by atoms with Crippen LogP contribution in [0.2, 0.25) is 5.02 Å². The Morgan fingerprint density at radius 1 is 1.24 bits per heavy atom. The number of thiazole rings is 1. The Morgan fingerprint density at radius 3 is 2.82 bits per heavy atom. The lowest BCUT2D eigenvalue weighted by Crippen LogP contribution is -2.38. The predicted molar refractivity (Wildman–Crippen MR) is 125 cm³/mol. The molecule has 4 rings (SSSR count). The SMILES string of the molecule is O=C(NCCCn1ccnc1)c1cnc(N(Cc2ccc(Cl)cn2)C(=O)C2CCOCC2)s1. The summed E-state index contributed by atoms with van der Waals surface area (Å²) < 4.78 is 7.36. The molecule has 0 radical (unpaired) electrons. The van der Waals surface area contributed by atoms with Crippen molar-refractivity contribution < 1.29 is 14.3 Å². The smallest absolute Gasteiger partial charge is 0.263 e. The highest BCUT2D eigenvalue weighted by Gasteiger charge is 2.29. The van der Waals surface area contributed by atoms with E-state index in [-0.39, 0.29) is 24.3 Å². The molecule has 1 N–H and O–H groups in total. The number of hydrogen-bond acceptors (Lipinski definition) is 7. The maximum absolute atomic E-state index is 13.3. The third kappa shape index (κ3) is 6.37. The second-order valence-electron chi connectivity index (χ2n) is 7.70. The minimum Gasteiger partial charge on any atom is -0.381 e. The van der Waals surface area contributed by atoms with E-state index in [0.29, 0.717) is 53.3 Å². The van der Waals surface area contributed by atoms with E-state index in [1.807, 2.05) is 10.8 Å². The average molecular weight is 489 g/mol. The van der Waals surface area contributed by atoms with Crippen molar-refractivity contribution in [2.45, 2.75) is 32.4 Å². The van der Waals surface area contributed by atoms with Gasteiger partial charge in [0.05, 0.1) is 29.8 Å². The number of aromatic nitrogens is 4. The van der Waals surface area contributed by atoms with Crippen LogP contribution in [0.3, 0.4) is 0 Å². The zero-order valence-electron chi connectivity index (χ0n) is 18.0. The van der Waals surface area contributed by atoms with Gasteiger partial charge in [-0.1, -0.05) is 22.9 Å². The molecular formula is C22H25ClN6O3S. The molecule has 0 bridgehead atoms. The number of anilines is 1. The van der Waals surface area contributed by atoms with Gasteiger partial charge in [-0.2, -0.15) is 0 Å². The second kappa shape index (κ2) is 11.4. The molecule has 0 aromatic carbocycles. The second-order valence-corrected chi connectivity index (χ2v) is 9.14. The Morgan fingerprint density at radius 2 is 2.09 bits per heavy atom. The van der Waals surface area contributed by atoms with Gasteiger partial charge in [0.2, 0.25) is 5.91 Å². The topological polar surface area (TPSA) is 102 Å². The molecule has 0 aliphatic carbocycles. The lowest BCUT2D eigenvalue weighted by atomic mass is 9.99. The fourth-order valence-electron chi connectivity index (χ4n) is 3.53. The summed E-state index contributed by atoms with van der Waals surface area (Å²) in [5.74, 6) is -0.375. The molecule has 9 nitrogen and oxygen atoms in total. The van der Waals surface area contributed by atoms with Gasteiger partial charge in [-0.05, 0) is 31.4 Å². The van der Waals surface area contributed by atoms with Gasteiger partial charge < -0.3 is 14.6 Å². The Hall–Kier alpha value is -2.82. The molecule has 1 saturated heterocycles.